The van der Waals surface area contributed by atoms with Crippen molar-refractivity contribution in [3.8, 4) is 11.6 Å². The van der Waals surface area contributed by atoms with Gasteiger partial charge in [-0.3, -0.25) is 0 Å². The van der Waals surface area contributed by atoms with Crippen LogP contribution in [0.5, 0.6) is 11.6 Å². The van der Waals surface area contributed by atoms with Gasteiger partial charge in [-0.2, -0.15) is 0 Å². The quantitative estimate of drug-likeness (QED) is 0.702. The molecule has 1 aromatic heterocycles. The number of nitrogens with two attached hydrogens (primary N) is 1. The highest BCUT2D eigenvalue weighted by Gasteiger charge is 2.13. The zero-order valence-electron chi connectivity index (χ0n) is 11.9. The Morgan fingerprint density at radius 2 is 1.82 bits per heavy atom. The van der Waals surface area contributed by atoms with Crippen LogP contribution in [0.3, 0.4) is 0 Å². The Labute approximate surface area is 138 Å². The maximum absolute atomic E-state index is 6.05. The first-order chi connectivity index (χ1) is 10.5. The van der Waals surface area contributed by atoms with E-state index in [1.54, 1.807) is 18.2 Å². The first-order valence-electron chi connectivity index (χ1n) is 6.83. The third-order valence-corrected chi connectivity index (χ3v) is 4.05. The van der Waals surface area contributed by atoms with Gasteiger partial charge in [0.15, 0.2) is 0 Å². The summed E-state index contributed by atoms with van der Waals surface area (Å²) in [6, 6.07) is 14.7. The van der Waals surface area contributed by atoms with Gasteiger partial charge in [-0.05, 0) is 31.2 Å². The maximum atomic E-state index is 6.05. The van der Waals surface area contributed by atoms with Crippen LogP contribution in [0, 0.1) is 0 Å². The van der Waals surface area contributed by atoms with Crippen LogP contribution in [0.15, 0.2) is 48.5 Å². The highest BCUT2D eigenvalue weighted by Crippen LogP contribution is 2.33. The maximum Gasteiger partial charge on any atom is 0.224 e. The van der Waals surface area contributed by atoms with Crippen molar-refractivity contribution in [3.05, 3.63) is 64.1 Å². The van der Waals surface area contributed by atoms with Crippen molar-refractivity contribution < 1.29 is 4.74 Å². The van der Waals surface area contributed by atoms with Gasteiger partial charge in [0.2, 0.25) is 5.88 Å². The monoisotopic (exact) mass is 332 g/mol. The van der Waals surface area contributed by atoms with E-state index in [0.717, 1.165) is 16.5 Å². The Kier molecular flexibility index (Phi) is 4.21. The van der Waals surface area contributed by atoms with Crippen molar-refractivity contribution >= 4 is 34.1 Å². The predicted molar refractivity (Wildman–Crippen MR) is 90.9 cm³/mol. The lowest BCUT2D eigenvalue weighted by molar-refractivity contribution is 0.454. The molecule has 0 amide bonds. The van der Waals surface area contributed by atoms with Gasteiger partial charge in [0, 0.05) is 23.1 Å². The van der Waals surface area contributed by atoms with Crippen LogP contribution in [0.2, 0.25) is 10.0 Å². The number of halogens is 2. The molecule has 5 heteroatoms. The zero-order valence-corrected chi connectivity index (χ0v) is 13.4. The predicted octanol–water partition coefficient (Wildman–Crippen LogP) is 5.35. The summed E-state index contributed by atoms with van der Waals surface area (Å²) in [5, 5.41) is 1.94. The molecule has 1 heterocycles. The molecular weight excluding hydrogens is 319 g/mol. The highest BCUT2D eigenvalue weighted by molar-refractivity contribution is 6.42. The van der Waals surface area contributed by atoms with E-state index in [4.69, 9.17) is 33.7 Å². The molecule has 1 unspecified atom stereocenters. The number of benzene rings is 2. The van der Waals surface area contributed by atoms with Gasteiger partial charge in [0.1, 0.15) is 5.75 Å². The summed E-state index contributed by atoms with van der Waals surface area (Å²) < 4.78 is 5.88. The second kappa shape index (κ2) is 6.13. The van der Waals surface area contributed by atoms with Crippen LogP contribution in [-0.2, 0) is 0 Å². The molecule has 0 spiro atoms. The molecule has 22 heavy (non-hydrogen) atoms. The van der Waals surface area contributed by atoms with E-state index in [0.29, 0.717) is 21.7 Å². The van der Waals surface area contributed by atoms with Gasteiger partial charge >= 0.3 is 0 Å². The van der Waals surface area contributed by atoms with E-state index < -0.39 is 0 Å². The number of hydrogen-bond acceptors (Lipinski definition) is 3. The van der Waals surface area contributed by atoms with Crippen molar-refractivity contribution in [1.82, 2.24) is 4.98 Å². The van der Waals surface area contributed by atoms with Crippen molar-refractivity contribution in [3.63, 3.8) is 0 Å². The van der Waals surface area contributed by atoms with Crippen LogP contribution < -0.4 is 10.5 Å². The Bertz CT molecular complexity index is 834. The number of aromatic nitrogens is 1. The summed E-state index contributed by atoms with van der Waals surface area (Å²) in [5.41, 5.74) is 7.73. The molecule has 0 aliphatic carbocycles. The third kappa shape index (κ3) is 3.02. The number of pyridine rings is 1. The Hall–Kier alpha value is -1.81. The molecule has 0 aliphatic rings. The molecule has 3 rings (SSSR count). The van der Waals surface area contributed by atoms with Crippen molar-refractivity contribution in [1.29, 1.82) is 0 Å². The molecule has 3 aromatic rings. The molecule has 0 bridgehead atoms. The second-order valence-corrected chi connectivity index (χ2v) is 5.86. The van der Waals surface area contributed by atoms with E-state index in [1.165, 1.54) is 0 Å². The number of fused-ring (bicyclic) bond motifs is 1. The van der Waals surface area contributed by atoms with Gasteiger partial charge in [-0.15, -0.1) is 0 Å². The molecule has 112 valence electrons. The number of rotatable bonds is 3. The number of para-hydroxylation sites is 1. The van der Waals surface area contributed by atoms with E-state index in [9.17, 15) is 0 Å². The highest BCUT2D eigenvalue weighted by atomic mass is 35.5. The average molecular weight is 333 g/mol. The fourth-order valence-electron chi connectivity index (χ4n) is 2.17. The number of hydrogen-bond donors (Lipinski definition) is 1. The zero-order chi connectivity index (χ0) is 15.7. The van der Waals surface area contributed by atoms with Gasteiger partial charge in [0.25, 0.3) is 0 Å². The number of nitrogens with zero attached hydrogens (tertiary/aromatic N) is 1. The van der Waals surface area contributed by atoms with Gasteiger partial charge in [-0.25, -0.2) is 4.98 Å². The smallest absolute Gasteiger partial charge is 0.224 e. The van der Waals surface area contributed by atoms with Gasteiger partial charge < -0.3 is 10.5 Å². The minimum atomic E-state index is -0.199. The molecule has 1 atom stereocenters. The summed E-state index contributed by atoms with van der Waals surface area (Å²) in [7, 11) is 0. The van der Waals surface area contributed by atoms with Crippen LogP contribution in [0.25, 0.3) is 10.9 Å². The van der Waals surface area contributed by atoms with Gasteiger partial charge in [-0.1, -0.05) is 41.4 Å². The van der Waals surface area contributed by atoms with Crippen molar-refractivity contribution in [2.24, 2.45) is 5.73 Å². The molecule has 0 aliphatic heterocycles. The Morgan fingerprint density at radius 3 is 2.55 bits per heavy atom. The molecule has 0 radical (unpaired) electrons. The summed E-state index contributed by atoms with van der Waals surface area (Å²) in [6.07, 6.45) is 0. The summed E-state index contributed by atoms with van der Waals surface area (Å²) in [6.45, 7) is 1.90. The van der Waals surface area contributed by atoms with E-state index >= 15 is 0 Å². The normalized spacial score (nSPS) is 12.4. The molecule has 0 saturated heterocycles. The summed E-state index contributed by atoms with van der Waals surface area (Å²) in [4.78, 5) is 4.57. The lowest BCUT2D eigenvalue weighted by atomic mass is 10.1. The van der Waals surface area contributed by atoms with E-state index in [2.05, 4.69) is 4.98 Å². The van der Waals surface area contributed by atoms with E-state index in [-0.39, 0.29) is 6.04 Å². The largest absolute Gasteiger partial charge is 0.439 e. The number of ether oxygens (including phenoxy) is 1. The second-order valence-electron chi connectivity index (χ2n) is 5.04. The van der Waals surface area contributed by atoms with Crippen molar-refractivity contribution in [2.75, 3.05) is 0 Å². The minimum Gasteiger partial charge on any atom is -0.439 e. The first-order valence-corrected chi connectivity index (χ1v) is 7.58. The van der Waals surface area contributed by atoms with E-state index in [1.807, 2.05) is 37.3 Å². The average Bonchev–Trinajstić information content (AvgIpc) is 2.50. The molecule has 2 aromatic carbocycles. The minimum absolute atomic E-state index is 0.199. The Morgan fingerprint density at radius 1 is 1.05 bits per heavy atom. The van der Waals surface area contributed by atoms with Crippen LogP contribution in [0.1, 0.15) is 18.5 Å². The van der Waals surface area contributed by atoms with Crippen LogP contribution in [-0.4, -0.2) is 4.98 Å². The summed E-state index contributed by atoms with van der Waals surface area (Å²) >= 11 is 11.9. The molecule has 3 nitrogen and oxygen atoms in total. The SMILES string of the molecule is CC(N)c1cc2ccccc2nc1Oc1ccc(Cl)c(Cl)c1. The summed E-state index contributed by atoms with van der Waals surface area (Å²) in [5.74, 6) is 1.05. The van der Waals surface area contributed by atoms with Crippen LogP contribution >= 0.6 is 23.2 Å². The lowest BCUT2D eigenvalue weighted by Crippen LogP contribution is -2.08. The van der Waals surface area contributed by atoms with Crippen LogP contribution in [0.4, 0.5) is 0 Å². The fourth-order valence-corrected chi connectivity index (χ4v) is 2.46. The molecule has 0 saturated carbocycles. The topological polar surface area (TPSA) is 48.1 Å². The van der Waals surface area contributed by atoms with Gasteiger partial charge in [0.05, 0.1) is 15.6 Å². The Balaban J connectivity index is 2.07. The lowest BCUT2D eigenvalue weighted by Gasteiger charge is -2.14. The standard InChI is InChI=1S/C17H14Cl2N2O/c1-10(20)13-8-11-4-2-3-5-16(11)21-17(13)22-12-6-7-14(18)15(19)9-12/h2-10H,20H2,1H3. The molecule has 0 fully saturated rings. The first kappa shape index (κ1) is 15.1. The van der Waals surface area contributed by atoms with Crippen molar-refractivity contribution in [2.45, 2.75) is 13.0 Å². The fraction of sp³-hybridized carbons (Fsp3) is 0.118. The molecular formula is C17H14Cl2N2O. The molecule has 2 N–H and O–H groups in total. The third-order valence-electron chi connectivity index (χ3n) is 3.31.